The van der Waals surface area contributed by atoms with E-state index in [1.807, 2.05) is 31.2 Å². The zero-order chi connectivity index (χ0) is 14.7. The summed E-state index contributed by atoms with van der Waals surface area (Å²) in [6.07, 6.45) is 0. The predicted octanol–water partition coefficient (Wildman–Crippen LogP) is 4.09. The van der Waals surface area contributed by atoms with Gasteiger partial charge in [-0.05, 0) is 42.8 Å². The van der Waals surface area contributed by atoms with Gasteiger partial charge in [-0.1, -0.05) is 23.7 Å². The largest absolute Gasteiger partial charge is 0.494 e. The van der Waals surface area contributed by atoms with Crippen LogP contribution in [0.5, 0.6) is 11.5 Å². The van der Waals surface area contributed by atoms with E-state index in [1.54, 1.807) is 0 Å². The minimum atomic E-state index is 0.601. The number of ether oxygens (including phenoxy) is 2. The van der Waals surface area contributed by atoms with Crippen molar-refractivity contribution in [2.45, 2.75) is 20.0 Å². The van der Waals surface area contributed by atoms with E-state index in [4.69, 9.17) is 21.1 Å². The lowest BCUT2D eigenvalue weighted by atomic mass is 10.1. The van der Waals surface area contributed by atoms with Crippen LogP contribution in [0.2, 0.25) is 5.02 Å². The van der Waals surface area contributed by atoms with Gasteiger partial charge in [-0.25, -0.2) is 0 Å². The lowest BCUT2D eigenvalue weighted by Crippen LogP contribution is -2.31. The molecule has 3 rings (SSSR count). The van der Waals surface area contributed by atoms with Crippen LogP contribution < -0.4 is 9.47 Å². The van der Waals surface area contributed by atoms with E-state index in [0.717, 1.165) is 29.6 Å². The van der Waals surface area contributed by atoms with Gasteiger partial charge in [0, 0.05) is 23.7 Å². The van der Waals surface area contributed by atoms with Gasteiger partial charge in [0.05, 0.1) is 6.61 Å². The Morgan fingerprint density at radius 2 is 2.00 bits per heavy atom. The minimum absolute atomic E-state index is 0.601. The first-order valence-electron chi connectivity index (χ1n) is 7.10. The van der Waals surface area contributed by atoms with Gasteiger partial charge < -0.3 is 9.47 Å². The molecule has 1 aliphatic rings. The molecule has 0 unspecified atom stereocenters. The second-order valence-corrected chi connectivity index (χ2v) is 5.53. The molecule has 4 heteroatoms. The van der Waals surface area contributed by atoms with Gasteiger partial charge in [-0.2, -0.15) is 0 Å². The fraction of sp³-hybridized carbons (Fsp3) is 0.294. The van der Waals surface area contributed by atoms with Crippen molar-refractivity contribution in [1.29, 1.82) is 0 Å². The molecule has 0 saturated heterocycles. The second-order valence-electron chi connectivity index (χ2n) is 5.09. The number of rotatable bonds is 4. The minimum Gasteiger partial charge on any atom is -0.494 e. The summed E-state index contributed by atoms with van der Waals surface area (Å²) in [4.78, 5) is 2.25. The highest BCUT2D eigenvalue weighted by molar-refractivity contribution is 6.30. The summed E-state index contributed by atoms with van der Waals surface area (Å²) in [6, 6.07) is 13.9. The molecule has 0 aliphatic carbocycles. The average Bonchev–Trinajstić information content (AvgIpc) is 2.50. The van der Waals surface area contributed by atoms with Crippen molar-refractivity contribution >= 4 is 11.6 Å². The zero-order valence-corrected chi connectivity index (χ0v) is 12.8. The first-order valence-corrected chi connectivity index (χ1v) is 7.47. The van der Waals surface area contributed by atoms with Crippen molar-refractivity contribution < 1.29 is 9.47 Å². The molecule has 3 nitrogen and oxygen atoms in total. The summed E-state index contributed by atoms with van der Waals surface area (Å²) < 4.78 is 11.4. The van der Waals surface area contributed by atoms with Crippen molar-refractivity contribution in [2.75, 3.05) is 13.3 Å². The molecular weight excluding hydrogens is 286 g/mol. The van der Waals surface area contributed by atoms with Crippen LogP contribution in [0, 0.1) is 0 Å². The molecule has 0 bridgehead atoms. The van der Waals surface area contributed by atoms with E-state index in [1.165, 1.54) is 11.1 Å². The number of fused-ring (bicyclic) bond motifs is 1. The van der Waals surface area contributed by atoms with Crippen molar-refractivity contribution in [3.63, 3.8) is 0 Å². The molecule has 110 valence electrons. The highest BCUT2D eigenvalue weighted by Crippen LogP contribution is 2.29. The molecule has 1 aliphatic heterocycles. The molecule has 0 atom stereocenters. The molecule has 2 aromatic rings. The molecule has 0 aromatic heterocycles. The third-order valence-electron chi connectivity index (χ3n) is 3.46. The Labute approximate surface area is 130 Å². The van der Waals surface area contributed by atoms with Crippen LogP contribution in [0.1, 0.15) is 18.1 Å². The van der Waals surface area contributed by atoms with Crippen LogP contribution in [0.15, 0.2) is 42.5 Å². The topological polar surface area (TPSA) is 21.7 Å². The second kappa shape index (κ2) is 6.37. The number of halogens is 1. The van der Waals surface area contributed by atoms with E-state index in [9.17, 15) is 0 Å². The maximum absolute atomic E-state index is 5.92. The Balaban J connectivity index is 1.71. The van der Waals surface area contributed by atoms with Crippen LogP contribution in [-0.4, -0.2) is 18.2 Å². The standard InChI is InChI=1S/C17H18ClNO2/c1-2-20-16-7-8-17-14(9-16)11-19(12-21-17)10-13-3-5-15(18)6-4-13/h3-9H,2,10-12H2,1H3. The summed E-state index contributed by atoms with van der Waals surface area (Å²) in [5.41, 5.74) is 2.40. The lowest BCUT2D eigenvalue weighted by molar-refractivity contribution is 0.0884. The van der Waals surface area contributed by atoms with Crippen molar-refractivity contribution in [1.82, 2.24) is 4.90 Å². The quantitative estimate of drug-likeness (QED) is 0.849. The van der Waals surface area contributed by atoms with Crippen molar-refractivity contribution in [2.24, 2.45) is 0 Å². The highest BCUT2D eigenvalue weighted by Gasteiger charge is 2.18. The van der Waals surface area contributed by atoms with Crippen LogP contribution in [0.25, 0.3) is 0 Å². The van der Waals surface area contributed by atoms with Crippen molar-refractivity contribution in [3.8, 4) is 11.5 Å². The summed E-state index contributed by atoms with van der Waals surface area (Å²) >= 11 is 5.92. The van der Waals surface area contributed by atoms with Crippen LogP contribution >= 0.6 is 11.6 Å². The van der Waals surface area contributed by atoms with E-state index >= 15 is 0 Å². The fourth-order valence-corrected chi connectivity index (χ4v) is 2.60. The van der Waals surface area contributed by atoms with Crippen LogP contribution in [0.3, 0.4) is 0 Å². The molecule has 0 saturated carbocycles. The molecule has 0 amide bonds. The maximum atomic E-state index is 5.92. The molecule has 1 heterocycles. The maximum Gasteiger partial charge on any atom is 0.142 e. The highest BCUT2D eigenvalue weighted by atomic mass is 35.5. The number of hydrogen-bond donors (Lipinski definition) is 0. The van der Waals surface area contributed by atoms with E-state index < -0.39 is 0 Å². The Hall–Kier alpha value is -1.71. The number of nitrogens with zero attached hydrogens (tertiary/aromatic N) is 1. The van der Waals surface area contributed by atoms with Gasteiger partial charge in [0.25, 0.3) is 0 Å². The third kappa shape index (κ3) is 3.49. The molecule has 2 aromatic carbocycles. The summed E-state index contributed by atoms with van der Waals surface area (Å²) in [5.74, 6) is 1.85. The first-order chi connectivity index (χ1) is 10.2. The number of hydrogen-bond acceptors (Lipinski definition) is 3. The van der Waals surface area contributed by atoms with E-state index in [0.29, 0.717) is 13.3 Å². The van der Waals surface area contributed by atoms with E-state index in [-0.39, 0.29) is 0 Å². The lowest BCUT2D eigenvalue weighted by Gasteiger charge is -2.29. The Morgan fingerprint density at radius 1 is 1.19 bits per heavy atom. The smallest absolute Gasteiger partial charge is 0.142 e. The third-order valence-corrected chi connectivity index (χ3v) is 3.71. The summed E-state index contributed by atoms with van der Waals surface area (Å²) in [7, 11) is 0. The SMILES string of the molecule is CCOc1ccc2c(c1)CN(Cc1ccc(Cl)cc1)CO2. The van der Waals surface area contributed by atoms with Crippen LogP contribution in [0.4, 0.5) is 0 Å². The monoisotopic (exact) mass is 303 g/mol. The normalized spacial score (nSPS) is 14.4. The average molecular weight is 304 g/mol. The summed E-state index contributed by atoms with van der Waals surface area (Å²) in [5, 5.41) is 0.764. The molecule has 0 spiro atoms. The van der Waals surface area contributed by atoms with Crippen LogP contribution in [-0.2, 0) is 13.1 Å². The Bertz CT molecular complexity index is 613. The molecule has 21 heavy (non-hydrogen) atoms. The molecule has 0 fully saturated rings. The molecule has 0 radical (unpaired) electrons. The van der Waals surface area contributed by atoms with Gasteiger partial charge in [0.2, 0.25) is 0 Å². The Morgan fingerprint density at radius 3 is 2.76 bits per heavy atom. The zero-order valence-electron chi connectivity index (χ0n) is 12.0. The number of benzene rings is 2. The van der Waals surface area contributed by atoms with Gasteiger partial charge in [0.15, 0.2) is 0 Å². The fourth-order valence-electron chi connectivity index (χ4n) is 2.47. The molecular formula is C17H18ClNO2. The summed E-state index contributed by atoms with van der Waals surface area (Å²) in [6.45, 7) is 4.97. The van der Waals surface area contributed by atoms with E-state index in [2.05, 4.69) is 23.1 Å². The predicted molar refractivity (Wildman–Crippen MR) is 83.8 cm³/mol. The van der Waals surface area contributed by atoms with Gasteiger partial charge >= 0.3 is 0 Å². The Kier molecular flexibility index (Phi) is 4.32. The molecule has 0 N–H and O–H groups in total. The van der Waals surface area contributed by atoms with Gasteiger partial charge in [-0.3, -0.25) is 4.90 Å². The first kappa shape index (κ1) is 14.2. The van der Waals surface area contributed by atoms with Gasteiger partial charge in [0.1, 0.15) is 18.2 Å². The van der Waals surface area contributed by atoms with Crippen molar-refractivity contribution in [3.05, 3.63) is 58.6 Å². The van der Waals surface area contributed by atoms with Gasteiger partial charge in [-0.15, -0.1) is 0 Å².